The summed E-state index contributed by atoms with van der Waals surface area (Å²) in [5.74, 6) is 2.14. The number of rotatable bonds is 8. The largest absolute Gasteiger partial charge is 0.481 e. The Morgan fingerprint density at radius 1 is 1.22 bits per heavy atom. The molecule has 2 rings (SSSR count). The van der Waals surface area contributed by atoms with Crippen molar-refractivity contribution >= 4 is 12.5 Å². The predicted octanol–water partition coefficient (Wildman–Crippen LogP) is 3.78. The van der Waals surface area contributed by atoms with Gasteiger partial charge in [-0.05, 0) is 36.6 Å². The number of allylic oxidation sites excluding steroid dienone is 2. The van der Waals surface area contributed by atoms with Crippen molar-refractivity contribution in [2.45, 2.75) is 19.9 Å². The monoisotopic (exact) mass is 311 g/mol. The summed E-state index contributed by atoms with van der Waals surface area (Å²) in [4.78, 5) is 9.26. The van der Waals surface area contributed by atoms with Gasteiger partial charge in [0, 0.05) is 19.3 Å². The molecule has 0 saturated heterocycles. The van der Waals surface area contributed by atoms with Gasteiger partial charge in [-0.15, -0.1) is 0 Å². The number of hydrogen-bond acceptors (Lipinski definition) is 5. The number of hydrogen-bond donors (Lipinski definition) is 1. The first-order valence-corrected chi connectivity index (χ1v) is 7.34. The Morgan fingerprint density at radius 3 is 2.65 bits per heavy atom. The fourth-order valence-electron chi connectivity index (χ4n) is 2.01. The van der Waals surface area contributed by atoms with Crippen molar-refractivity contribution < 1.29 is 9.57 Å². The molecule has 0 aliphatic rings. The van der Waals surface area contributed by atoms with Gasteiger partial charge < -0.3 is 14.9 Å². The highest BCUT2D eigenvalue weighted by atomic mass is 16.6. The van der Waals surface area contributed by atoms with Gasteiger partial charge in [0.05, 0.1) is 7.11 Å². The highest BCUT2D eigenvalue weighted by molar-refractivity contribution is 5.38. The van der Waals surface area contributed by atoms with E-state index in [9.17, 15) is 0 Å². The minimum absolute atomic E-state index is 0.601. The van der Waals surface area contributed by atoms with E-state index in [1.165, 1.54) is 11.1 Å². The van der Waals surface area contributed by atoms with Crippen LogP contribution < -0.4 is 10.1 Å². The van der Waals surface area contributed by atoms with Gasteiger partial charge in [-0.25, -0.2) is 0 Å². The van der Waals surface area contributed by atoms with Crippen molar-refractivity contribution in [2.24, 2.45) is 5.16 Å². The minimum atomic E-state index is 0.601. The highest BCUT2D eigenvalue weighted by Crippen LogP contribution is 2.13. The second-order valence-corrected chi connectivity index (χ2v) is 4.97. The smallest absolute Gasteiger partial charge is 0.214 e. The lowest BCUT2D eigenvalue weighted by molar-refractivity contribution is 0.232. The first-order valence-electron chi connectivity index (χ1n) is 7.34. The van der Waals surface area contributed by atoms with Crippen molar-refractivity contribution in [3.05, 3.63) is 65.4 Å². The van der Waals surface area contributed by atoms with E-state index in [0.717, 1.165) is 18.0 Å². The van der Waals surface area contributed by atoms with Gasteiger partial charge in [0.25, 0.3) is 0 Å². The molecule has 1 heterocycles. The number of anilines is 1. The summed E-state index contributed by atoms with van der Waals surface area (Å²) in [5, 5.41) is 6.67. The summed E-state index contributed by atoms with van der Waals surface area (Å²) in [6, 6.07) is 14.0. The molecule has 0 atom stereocenters. The third-order valence-corrected chi connectivity index (χ3v) is 3.26. The standard InChI is InChI=1S/C18H21N3O2/c1-14(23-19-2)7-8-15-9-11-16(12-10-15)13-20-17-5-4-6-18(21-17)22-3/h4-7,9-12H,2,8,13H2,1,3H3,(H,20,21)/b14-7-. The Kier molecular flexibility index (Phi) is 6.17. The number of methoxy groups -OCH3 is 1. The zero-order valence-corrected chi connectivity index (χ0v) is 13.5. The second-order valence-electron chi connectivity index (χ2n) is 4.97. The van der Waals surface area contributed by atoms with Crippen LogP contribution in [0.15, 0.2) is 59.5 Å². The van der Waals surface area contributed by atoms with E-state index in [1.807, 2.05) is 31.2 Å². The molecule has 0 spiro atoms. The van der Waals surface area contributed by atoms with Gasteiger partial charge in [0.2, 0.25) is 5.88 Å². The van der Waals surface area contributed by atoms with Crippen LogP contribution >= 0.6 is 0 Å². The van der Waals surface area contributed by atoms with Gasteiger partial charge in [-0.3, -0.25) is 0 Å². The predicted molar refractivity (Wildman–Crippen MR) is 92.7 cm³/mol. The van der Waals surface area contributed by atoms with E-state index in [2.05, 4.69) is 46.4 Å². The van der Waals surface area contributed by atoms with Crippen LogP contribution in [0.5, 0.6) is 5.88 Å². The zero-order valence-electron chi connectivity index (χ0n) is 13.5. The molecule has 0 unspecified atom stereocenters. The normalized spacial score (nSPS) is 11.0. The maximum Gasteiger partial charge on any atom is 0.214 e. The number of oxime groups is 1. The quantitative estimate of drug-likeness (QED) is 0.458. The Hall–Kier alpha value is -2.82. The van der Waals surface area contributed by atoms with Crippen molar-refractivity contribution in [3.63, 3.8) is 0 Å². The molecule has 2 aromatic rings. The lowest BCUT2D eigenvalue weighted by atomic mass is 10.1. The first-order chi connectivity index (χ1) is 11.2. The Balaban J connectivity index is 1.89. The topological polar surface area (TPSA) is 55.7 Å². The summed E-state index contributed by atoms with van der Waals surface area (Å²) >= 11 is 0. The van der Waals surface area contributed by atoms with Crippen LogP contribution in [0, 0.1) is 0 Å². The van der Waals surface area contributed by atoms with Gasteiger partial charge >= 0.3 is 0 Å². The molecule has 0 fully saturated rings. The zero-order chi connectivity index (χ0) is 16.5. The maximum absolute atomic E-state index is 5.11. The molecule has 0 saturated carbocycles. The molecular formula is C18H21N3O2. The van der Waals surface area contributed by atoms with Crippen molar-refractivity contribution in [3.8, 4) is 5.88 Å². The van der Waals surface area contributed by atoms with Crippen LogP contribution in [0.4, 0.5) is 5.82 Å². The molecule has 5 nitrogen and oxygen atoms in total. The van der Waals surface area contributed by atoms with E-state index >= 15 is 0 Å². The summed E-state index contributed by atoms with van der Waals surface area (Å²) < 4.78 is 5.11. The minimum Gasteiger partial charge on any atom is -0.481 e. The molecule has 0 amide bonds. The average Bonchev–Trinajstić information content (AvgIpc) is 2.59. The molecule has 0 bridgehead atoms. The molecule has 23 heavy (non-hydrogen) atoms. The average molecular weight is 311 g/mol. The van der Waals surface area contributed by atoms with Crippen molar-refractivity contribution in [1.82, 2.24) is 4.98 Å². The summed E-state index contributed by atoms with van der Waals surface area (Å²) in [5.41, 5.74) is 2.39. The summed E-state index contributed by atoms with van der Waals surface area (Å²) in [6.45, 7) is 5.85. The van der Waals surface area contributed by atoms with Crippen molar-refractivity contribution in [1.29, 1.82) is 0 Å². The maximum atomic E-state index is 5.11. The highest BCUT2D eigenvalue weighted by Gasteiger charge is 1.99. The van der Waals surface area contributed by atoms with Crippen LogP contribution in [0.3, 0.4) is 0 Å². The van der Waals surface area contributed by atoms with E-state index in [0.29, 0.717) is 12.4 Å². The summed E-state index contributed by atoms with van der Waals surface area (Å²) in [6.07, 6.45) is 2.77. The molecule has 120 valence electrons. The van der Waals surface area contributed by atoms with Crippen LogP contribution in [-0.4, -0.2) is 18.8 Å². The molecule has 1 aromatic heterocycles. The third-order valence-electron chi connectivity index (χ3n) is 3.26. The number of aromatic nitrogens is 1. The van der Waals surface area contributed by atoms with E-state index in [-0.39, 0.29) is 0 Å². The molecule has 0 aliphatic heterocycles. The van der Waals surface area contributed by atoms with Crippen LogP contribution in [-0.2, 0) is 17.8 Å². The summed E-state index contributed by atoms with van der Waals surface area (Å²) in [7, 11) is 1.61. The van der Waals surface area contributed by atoms with Gasteiger partial charge in [0.1, 0.15) is 11.6 Å². The number of benzene rings is 1. The lowest BCUT2D eigenvalue weighted by Gasteiger charge is -2.07. The van der Waals surface area contributed by atoms with E-state index in [4.69, 9.17) is 9.57 Å². The van der Waals surface area contributed by atoms with Crippen LogP contribution in [0.1, 0.15) is 18.1 Å². The SMILES string of the molecule is C=NO/C(C)=C\Cc1ccc(CNc2cccc(OC)n2)cc1. The molecule has 1 N–H and O–H groups in total. The van der Waals surface area contributed by atoms with Crippen LogP contribution in [0.25, 0.3) is 0 Å². The molecule has 1 aromatic carbocycles. The van der Waals surface area contributed by atoms with E-state index < -0.39 is 0 Å². The lowest BCUT2D eigenvalue weighted by Crippen LogP contribution is -2.02. The number of ether oxygens (including phenoxy) is 1. The molecule has 0 aliphatic carbocycles. The van der Waals surface area contributed by atoms with Gasteiger partial charge in [-0.1, -0.05) is 35.5 Å². The Bertz CT molecular complexity index is 666. The molecule has 0 radical (unpaired) electrons. The molecule has 5 heteroatoms. The molecular weight excluding hydrogens is 290 g/mol. The van der Waals surface area contributed by atoms with E-state index in [1.54, 1.807) is 7.11 Å². The Morgan fingerprint density at radius 2 is 1.96 bits per heavy atom. The number of nitrogens with one attached hydrogen (secondary N) is 1. The Labute approximate surface area is 136 Å². The number of nitrogens with zero attached hydrogens (tertiary/aromatic N) is 2. The fraction of sp³-hybridized carbons (Fsp3) is 0.222. The van der Waals surface area contributed by atoms with Gasteiger partial charge in [0.15, 0.2) is 0 Å². The second kappa shape index (κ2) is 8.58. The fourth-order valence-corrected chi connectivity index (χ4v) is 2.01. The number of pyridine rings is 1. The van der Waals surface area contributed by atoms with Gasteiger partial charge in [-0.2, -0.15) is 4.98 Å². The first kappa shape index (κ1) is 16.5. The third kappa shape index (κ3) is 5.47. The van der Waals surface area contributed by atoms with Crippen molar-refractivity contribution in [2.75, 3.05) is 12.4 Å². The van der Waals surface area contributed by atoms with Crippen LogP contribution in [0.2, 0.25) is 0 Å².